The van der Waals surface area contributed by atoms with Gasteiger partial charge in [0.05, 0.1) is 17.7 Å². The van der Waals surface area contributed by atoms with Crippen LogP contribution in [0.4, 0.5) is 0 Å². The SMILES string of the molecule is C=C1CC(c2ccc(C#N)cc2)N(NC(=O)c2ccccc2)C1=O. The summed E-state index contributed by atoms with van der Waals surface area (Å²) in [6.07, 6.45) is 0.430. The number of hydrazine groups is 1. The van der Waals surface area contributed by atoms with Crippen LogP contribution in [0.1, 0.15) is 33.9 Å². The van der Waals surface area contributed by atoms with Crippen LogP contribution in [-0.4, -0.2) is 16.8 Å². The fraction of sp³-hybridized carbons (Fsp3) is 0.105. The summed E-state index contributed by atoms with van der Waals surface area (Å²) in [5, 5.41) is 10.2. The molecule has 0 radical (unpaired) electrons. The Labute approximate surface area is 139 Å². The standard InChI is InChI=1S/C19H15N3O2/c1-13-11-17(15-9-7-14(12-20)8-10-15)22(19(13)24)21-18(23)16-5-3-2-4-6-16/h2-10,17H,1,11H2,(H,21,23). The quantitative estimate of drug-likeness (QED) is 0.885. The van der Waals surface area contributed by atoms with Gasteiger partial charge in [0.1, 0.15) is 0 Å². The lowest BCUT2D eigenvalue weighted by atomic mass is 10.0. The van der Waals surface area contributed by atoms with Crippen LogP contribution < -0.4 is 5.43 Å². The number of carbonyl (C=O) groups is 2. The summed E-state index contributed by atoms with van der Waals surface area (Å²) < 4.78 is 0. The largest absolute Gasteiger partial charge is 0.269 e. The molecule has 2 amide bonds. The van der Waals surface area contributed by atoms with Crippen LogP contribution in [0.3, 0.4) is 0 Å². The van der Waals surface area contributed by atoms with Crippen molar-refractivity contribution in [3.63, 3.8) is 0 Å². The molecule has 0 saturated carbocycles. The first kappa shape index (κ1) is 15.5. The van der Waals surface area contributed by atoms with E-state index in [0.717, 1.165) is 5.56 Å². The van der Waals surface area contributed by atoms with Gasteiger partial charge in [-0.25, -0.2) is 5.01 Å². The fourth-order valence-corrected chi connectivity index (χ4v) is 2.66. The van der Waals surface area contributed by atoms with Crippen molar-refractivity contribution < 1.29 is 9.59 Å². The van der Waals surface area contributed by atoms with Crippen LogP contribution in [0.25, 0.3) is 0 Å². The first-order chi connectivity index (χ1) is 11.6. The molecule has 3 rings (SSSR count). The van der Waals surface area contributed by atoms with Crippen molar-refractivity contribution in [2.24, 2.45) is 0 Å². The number of hydrogen-bond acceptors (Lipinski definition) is 3. The second kappa shape index (κ2) is 6.39. The third kappa shape index (κ3) is 2.90. The summed E-state index contributed by atoms with van der Waals surface area (Å²) in [6, 6.07) is 17.4. The number of amides is 2. The highest BCUT2D eigenvalue weighted by atomic mass is 16.2. The summed E-state index contributed by atoms with van der Waals surface area (Å²) >= 11 is 0. The van der Waals surface area contributed by atoms with E-state index in [2.05, 4.69) is 18.1 Å². The minimum Gasteiger partial charge on any atom is -0.268 e. The number of nitriles is 1. The van der Waals surface area contributed by atoms with E-state index in [4.69, 9.17) is 5.26 Å². The molecule has 1 saturated heterocycles. The van der Waals surface area contributed by atoms with Gasteiger partial charge in [-0.15, -0.1) is 0 Å². The molecule has 1 aliphatic rings. The molecule has 1 atom stereocenters. The molecule has 2 aromatic rings. The Morgan fingerprint density at radius 2 is 1.83 bits per heavy atom. The summed E-state index contributed by atoms with van der Waals surface area (Å²) in [5.74, 6) is -0.647. The van der Waals surface area contributed by atoms with E-state index in [1.54, 1.807) is 48.5 Å². The molecule has 0 spiro atoms. The molecule has 118 valence electrons. The average molecular weight is 317 g/mol. The Balaban J connectivity index is 1.85. The van der Waals surface area contributed by atoms with Gasteiger partial charge >= 0.3 is 0 Å². The molecule has 1 N–H and O–H groups in total. The highest BCUT2D eigenvalue weighted by Crippen LogP contribution is 2.34. The second-order valence-electron chi connectivity index (χ2n) is 5.54. The zero-order valence-electron chi connectivity index (χ0n) is 12.9. The van der Waals surface area contributed by atoms with E-state index in [1.807, 2.05) is 6.07 Å². The van der Waals surface area contributed by atoms with Gasteiger partial charge in [-0.3, -0.25) is 15.0 Å². The van der Waals surface area contributed by atoms with Gasteiger partial charge in [-0.1, -0.05) is 36.9 Å². The molecule has 24 heavy (non-hydrogen) atoms. The minimum absolute atomic E-state index is 0.298. The van der Waals surface area contributed by atoms with Crippen molar-refractivity contribution in [1.82, 2.24) is 10.4 Å². The second-order valence-corrected chi connectivity index (χ2v) is 5.54. The molecule has 0 bridgehead atoms. The smallest absolute Gasteiger partial charge is 0.268 e. The van der Waals surface area contributed by atoms with Crippen LogP contribution in [0.15, 0.2) is 66.7 Å². The predicted molar refractivity (Wildman–Crippen MR) is 88.4 cm³/mol. The van der Waals surface area contributed by atoms with Crippen LogP contribution in [0.5, 0.6) is 0 Å². The molecule has 1 heterocycles. The molecule has 1 aliphatic heterocycles. The maximum absolute atomic E-state index is 12.4. The zero-order chi connectivity index (χ0) is 17.1. The molecular formula is C19H15N3O2. The summed E-state index contributed by atoms with van der Waals surface area (Å²) in [7, 11) is 0. The minimum atomic E-state index is -0.350. The summed E-state index contributed by atoms with van der Waals surface area (Å²) in [5.41, 5.74) is 4.97. The Morgan fingerprint density at radius 3 is 2.46 bits per heavy atom. The number of benzene rings is 2. The van der Waals surface area contributed by atoms with E-state index >= 15 is 0 Å². The maximum Gasteiger partial charge on any atom is 0.269 e. The topological polar surface area (TPSA) is 73.2 Å². The van der Waals surface area contributed by atoms with Gasteiger partial charge in [-0.05, 0) is 29.8 Å². The van der Waals surface area contributed by atoms with Gasteiger partial charge in [0.25, 0.3) is 11.8 Å². The van der Waals surface area contributed by atoms with E-state index < -0.39 is 0 Å². The monoisotopic (exact) mass is 317 g/mol. The van der Waals surface area contributed by atoms with Gasteiger partial charge in [-0.2, -0.15) is 5.26 Å². The van der Waals surface area contributed by atoms with Crippen molar-refractivity contribution >= 4 is 11.8 Å². The van der Waals surface area contributed by atoms with Crippen molar-refractivity contribution in [3.8, 4) is 6.07 Å². The number of carbonyl (C=O) groups excluding carboxylic acids is 2. The van der Waals surface area contributed by atoms with E-state index in [1.165, 1.54) is 5.01 Å². The first-order valence-electron chi connectivity index (χ1n) is 7.47. The van der Waals surface area contributed by atoms with Gasteiger partial charge < -0.3 is 0 Å². The lowest BCUT2D eigenvalue weighted by Gasteiger charge is -2.25. The lowest BCUT2D eigenvalue weighted by Crippen LogP contribution is -2.44. The summed E-state index contributed by atoms with van der Waals surface area (Å²) in [4.78, 5) is 24.7. The maximum atomic E-state index is 12.4. The number of nitrogens with zero attached hydrogens (tertiary/aromatic N) is 2. The predicted octanol–water partition coefficient (Wildman–Crippen LogP) is 2.73. The highest BCUT2D eigenvalue weighted by Gasteiger charge is 2.36. The van der Waals surface area contributed by atoms with Gasteiger partial charge in [0, 0.05) is 17.6 Å². The number of nitrogens with one attached hydrogen (secondary N) is 1. The van der Waals surface area contributed by atoms with Crippen LogP contribution in [0.2, 0.25) is 0 Å². The number of rotatable bonds is 3. The Bertz CT molecular complexity index is 835. The first-order valence-corrected chi connectivity index (χ1v) is 7.47. The zero-order valence-corrected chi connectivity index (χ0v) is 12.9. The Morgan fingerprint density at radius 1 is 1.17 bits per heavy atom. The Hall–Kier alpha value is -3.39. The fourth-order valence-electron chi connectivity index (χ4n) is 2.66. The normalized spacial score (nSPS) is 16.8. The molecule has 2 aromatic carbocycles. The van der Waals surface area contributed by atoms with Crippen molar-refractivity contribution in [2.45, 2.75) is 12.5 Å². The van der Waals surface area contributed by atoms with E-state index in [9.17, 15) is 9.59 Å². The molecule has 0 aromatic heterocycles. The van der Waals surface area contributed by atoms with Crippen LogP contribution in [0, 0.1) is 11.3 Å². The summed E-state index contributed by atoms with van der Waals surface area (Å²) in [6.45, 7) is 3.78. The van der Waals surface area contributed by atoms with Crippen molar-refractivity contribution in [3.05, 3.63) is 83.4 Å². The molecule has 1 fully saturated rings. The van der Waals surface area contributed by atoms with Crippen molar-refractivity contribution in [2.75, 3.05) is 0 Å². The third-order valence-corrected chi connectivity index (χ3v) is 3.96. The molecule has 0 aliphatic carbocycles. The average Bonchev–Trinajstić information content (AvgIpc) is 2.91. The van der Waals surface area contributed by atoms with Gasteiger partial charge in [0.2, 0.25) is 0 Å². The highest BCUT2D eigenvalue weighted by molar-refractivity contribution is 6.00. The Kier molecular flexibility index (Phi) is 4.13. The van der Waals surface area contributed by atoms with E-state index in [-0.39, 0.29) is 17.9 Å². The molecule has 5 heteroatoms. The van der Waals surface area contributed by atoms with Crippen LogP contribution in [-0.2, 0) is 4.79 Å². The van der Waals surface area contributed by atoms with E-state index in [0.29, 0.717) is 23.1 Å². The molecule has 5 nitrogen and oxygen atoms in total. The third-order valence-electron chi connectivity index (χ3n) is 3.96. The lowest BCUT2D eigenvalue weighted by molar-refractivity contribution is -0.128. The molecular weight excluding hydrogens is 302 g/mol. The van der Waals surface area contributed by atoms with Crippen molar-refractivity contribution in [1.29, 1.82) is 5.26 Å². The molecule has 1 unspecified atom stereocenters. The van der Waals surface area contributed by atoms with Gasteiger partial charge in [0.15, 0.2) is 0 Å². The number of hydrogen-bond donors (Lipinski definition) is 1. The van der Waals surface area contributed by atoms with Crippen LogP contribution >= 0.6 is 0 Å².